The highest BCUT2D eigenvalue weighted by atomic mass is 16.3. The van der Waals surface area contributed by atoms with Crippen LogP contribution < -0.4 is 5.73 Å². The smallest absolute Gasteiger partial charge is 0.228 e. The van der Waals surface area contributed by atoms with E-state index in [4.69, 9.17) is 10.2 Å². The zero-order chi connectivity index (χ0) is 14.0. The molecule has 0 spiro atoms. The fraction of sp³-hybridized carbons (Fsp3) is 0.312. The normalized spacial score (nSPS) is 11.6. The molecule has 0 saturated heterocycles. The summed E-state index contributed by atoms with van der Waals surface area (Å²) in [7, 11) is 0. The van der Waals surface area contributed by atoms with Crippen LogP contribution in [0.1, 0.15) is 41.3 Å². The van der Waals surface area contributed by atoms with Crippen LogP contribution >= 0.6 is 0 Å². The molecule has 0 aliphatic carbocycles. The van der Waals surface area contributed by atoms with Crippen LogP contribution in [0, 0.1) is 6.92 Å². The number of nitrogens with two attached hydrogens (primary N) is 1. The van der Waals surface area contributed by atoms with Crippen molar-refractivity contribution >= 4 is 5.78 Å². The summed E-state index contributed by atoms with van der Waals surface area (Å²) in [4.78, 5) is 12.3. The molecule has 3 heteroatoms. The first-order valence-corrected chi connectivity index (χ1v) is 6.36. The molecule has 0 fully saturated rings. The van der Waals surface area contributed by atoms with Crippen molar-refractivity contribution in [2.45, 2.75) is 26.2 Å². The number of aryl methyl sites for hydroxylation is 1. The van der Waals surface area contributed by atoms with Crippen molar-refractivity contribution in [1.82, 2.24) is 0 Å². The first kappa shape index (κ1) is 13.6. The molecule has 0 radical (unpaired) electrons. The molecule has 0 aliphatic heterocycles. The van der Waals surface area contributed by atoms with Crippen LogP contribution in [0.2, 0.25) is 0 Å². The van der Waals surface area contributed by atoms with Gasteiger partial charge in [0.05, 0.1) is 0 Å². The van der Waals surface area contributed by atoms with Gasteiger partial charge in [0.1, 0.15) is 5.76 Å². The van der Waals surface area contributed by atoms with Crippen LogP contribution in [0.4, 0.5) is 0 Å². The lowest BCUT2D eigenvalue weighted by Gasteiger charge is -2.23. The second kappa shape index (κ2) is 5.02. The van der Waals surface area contributed by atoms with Crippen molar-refractivity contribution in [2.75, 3.05) is 6.54 Å². The number of benzene rings is 1. The summed E-state index contributed by atoms with van der Waals surface area (Å²) in [5, 5.41) is 0. The fourth-order valence-electron chi connectivity index (χ4n) is 1.90. The molecule has 0 aliphatic rings. The number of hydrogen-bond donors (Lipinski definition) is 1. The third-order valence-corrected chi connectivity index (χ3v) is 3.38. The minimum atomic E-state index is -0.143. The third kappa shape index (κ3) is 2.76. The lowest BCUT2D eigenvalue weighted by atomic mass is 9.84. The second-order valence-corrected chi connectivity index (χ2v) is 5.41. The minimum absolute atomic E-state index is 0.0947. The fourth-order valence-corrected chi connectivity index (χ4v) is 1.90. The molecule has 3 nitrogen and oxygen atoms in total. The van der Waals surface area contributed by atoms with Gasteiger partial charge in [-0.2, -0.15) is 0 Å². The van der Waals surface area contributed by atoms with E-state index in [0.717, 1.165) is 11.3 Å². The maximum Gasteiger partial charge on any atom is 0.228 e. The molecule has 1 heterocycles. The van der Waals surface area contributed by atoms with Crippen LogP contribution in [0.3, 0.4) is 0 Å². The summed E-state index contributed by atoms with van der Waals surface area (Å²) in [5.41, 5.74) is 7.32. The zero-order valence-electron chi connectivity index (χ0n) is 11.6. The van der Waals surface area contributed by atoms with Crippen molar-refractivity contribution in [3.8, 4) is 0 Å². The highest BCUT2D eigenvalue weighted by Gasteiger charge is 2.20. The average Bonchev–Trinajstić information content (AvgIpc) is 2.84. The first-order chi connectivity index (χ1) is 8.94. The third-order valence-electron chi connectivity index (χ3n) is 3.38. The van der Waals surface area contributed by atoms with Crippen molar-refractivity contribution in [3.05, 3.63) is 59.0 Å². The molecule has 2 rings (SSSR count). The molecule has 0 unspecified atom stereocenters. The van der Waals surface area contributed by atoms with E-state index in [1.807, 2.05) is 25.1 Å². The van der Waals surface area contributed by atoms with Crippen LogP contribution in [0.15, 0.2) is 40.8 Å². The molecule has 0 bridgehead atoms. The Morgan fingerprint density at radius 3 is 2.58 bits per heavy atom. The van der Waals surface area contributed by atoms with Gasteiger partial charge >= 0.3 is 0 Å². The van der Waals surface area contributed by atoms with Crippen LogP contribution in [0.5, 0.6) is 0 Å². The van der Waals surface area contributed by atoms with Crippen molar-refractivity contribution in [1.29, 1.82) is 0 Å². The van der Waals surface area contributed by atoms with Gasteiger partial charge in [0, 0.05) is 17.5 Å². The molecule has 100 valence electrons. The van der Waals surface area contributed by atoms with Crippen molar-refractivity contribution in [2.24, 2.45) is 5.73 Å². The van der Waals surface area contributed by atoms with Gasteiger partial charge in [-0.15, -0.1) is 0 Å². The zero-order valence-corrected chi connectivity index (χ0v) is 11.6. The minimum Gasteiger partial charge on any atom is -0.458 e. The lowest BCUT2D eigenvalue weighted by Crippen LogP contribution is -2.28. The summed E-state index contributed by atoms with van der Waals surface area (Å²) in [6, 6.07) is 11.1. The molecule has 2 N–H and O–H groups in total. The van der Waals surface area contributed by atoms with Gasteiger partial charge in [-0.25, -0.2) is 0 Å². The monoisotopic (exact) mass is 257 g/mol. The van der Waals surface area contributed by atoms with E-state index < -0.39 is 0 Å². The van der Waals surface area contributed by atoms with E-state index in [0.29, 0.717) is 17.9 Å². The topological polar surface area (TPSA) is 56.2 Å². The van der Waals surface area contributed by atoms with Crippen LogP contribution in [-0.4, -0.2) is 12.3 Å². The second-order valence-electron chi connectivity index (χ2n) is 5.41. The van der Waals surface area contributed by atoms with E-state index in [1.54, 1.807) is 18.2 Å². The summed E-state index contributed by atoms with van der Waals surface area (Å²) in [6.07, 6.45) is 0. The number of rotatable bonds is 4. The van der Waals surface area contributed by atoms with E-state index in [-0.39, 0.29) is 11.2 Å². The quantitative estimate of drug-likeness (QED) is 0.856. The van der Waals surface area contributed by atoms with Gasteiger partial charge in [-0.1, -0.05) is 32.0 Å². The Morgan fingerprint density at radius 2 is 2.00 bits per heavy atom. The summed E-state index contributed by atoms with van der Waals surface area (Å²) < 4.78 is 5.38. The predicted molar refractivity (Wildman–Crippen MR) is 75.4 cm³/mol. The van der Waals surface area contributed by atoms with E-state index in [9.17, 15) is 4.79 Å². The Hall–Kier alpha value is -1.87. The van der Waals surface area contributed by atoms with E-state index in [1.165, 1.54) is 0 Å². The molecular formula is C16H19NO2. The number of furan rings is 1. The van der Waals surface area contributed by atoms with Crippen LogP contribution in [-0.2, 0) is 5.41 Å². The molecule has 1 aromatic carbocycles. The number of ketones is 1. The Bertz CT molecular complexity index is 596. The molecule has 0 atom stereocenters. The summed E-state index contributed by atoms with van der Waals surface area (Å²) >= 11 is 0. The largest absolute Gasteiger partial charge is 0.458 e. The molecule has 0 amide bonds. The Kier molecular flexibility index (Phi) is 3.58. The predicted octanol–water partition coefficient (Wildman–Crippen LogP) is 3.06. The lowest BCUT2D eigenvalue weighted by molar-refractivity contribution is 0.101. The van der Waals surface area contributed by atoms with E-state index in [2.05, 4.69) is 13.8 Å². The number of carbonyl (C=O) groups excluding carboxylic acids is 1. The van der Waals surface area contributed by atoms with Gasteiger partial charge in [-0.3, -0.25) is 4.79 Å². The molecule has 19 heavy (non-hydrogen) atoms. The SMILES string of the molecule is Cc1ccc(C(=O)c2cccc(C(C)(C)CN)c2)o1. The Balaban J connectivity index is 2.36. The van der Waals surface area contributed by atoms with Gasteiger partial charge in [-0.05, 0) is 30.7 Å². The van der Waals surface area contributed by atoms with Gasteiger partial charge in [0.25, 0.3) is 0 Å². The molecular weight excluding hydrogens is 238 g/mol. The number of carbonyl (C=O) groups is 1. The standard InChI is InChI=1S/C16H19NO2/c1-11-7-8-14(19-11)15(18)12-5-4-6-13(9-12)16(2,3)10-17/h4-9H,10,17H2,1-3H3. The summed E-state index contributed by atoms with van der Waals surface area (Å²) in [5.74, 6) is 1.02. The van der Waals surface area contributed by atoms with E-state index >= 15 is 0 Å². The van der Waals surface area contributed by atoms with Gasteiger partial charge < -0.3 is 10.2 Å². The highest BCUT2D eigenvalue weighted by Crippen LogP contribution is 2.23. The first-order valence-electron chi connectivity index (χ1n) is 6.36. The van der Waals surface area contributed by atoms with Crippen molar-refractivity contribution in [3.63, 3.8) is 0 Å². The van der Waals surface area contributed by atoms with Gasteiger partial charge in [0.15, 0.2) is 5.76 Å². The van der Waals surface area contributed by atoms with Crippen LogP contribution in [0.25, 0.3) is 0 Å². The van der Waals surface area contributed by atoms with Crippen molar-refractivity contribution < 1.29 is 9.21 Å². The highest BCUT2D eigenvalue weighted by molar-refractivity contribution is 6.07. The van der Waals surface area contributed by atoms with Gasteiger partial charge in [0.2, 0.25) is 5.78 Å². The molecule has 1 aromatic heterocycles. The maximum atomic E-state index is 12.3. The maximum absolute atomic E-state index is 12.3. The molecule has 0 saturated carbocycles. The number of hydrogen-bond acceptors (Lipinski definition) is 3. The Morgan fingerprint density at radius 1 is 1.26 bits per heavy atom. The Labute approximate surface area is 113 Å². The summed E-state index contributed by atoms with van der Waals surface area (Å²) in [6.45, 7) is 6.48. The molecule has 2 aromatic rings. The average molecular weight is 257 g/mol.